The number of methoxy groups -OCH3 is 1. The Kier molecular flexibility index (Phi) is 7.32. The minimum Gasteiger partial charge on any atom is -0.465 e. The molecule has 0 spiro atoms. The largest absolute Gasteiger partial charge is 0.465 e. The van der Waals surface area contributed by atoms with Gasteiger partial charge in [-0.1, -0.05) is 17.7 Å². The minimum atomic E-state index is -0.644. The third kappa shape index (κ3) is 4.67. The summed E-state index contributed by atoms with van der Waals surface area (Å²) in [5.74, 6) is -1.74. The van der Waals surface area contributed by atoms with Gasteiger partial charge in [-0.15, -0.1) is 11.3 Å². The van der Waals surface area contributed by atoms with Crippen molar-refractivity contribution in [1.29, 1.82) is 0 Å². The average Bonchev–Trinajstić information content (AvgIpc) is 3.21. The molecule has 10 heteroatoms. The maximum Gasteiger partial charge on any atom is 0.348 e. The van der Waals surface area contributed by atoms with Gasteiger partial charge in [-0.3, -0.25) is 9.78 Å². The first-order chi connectivity index (χ1) is 17.3. The van der Waals surface area contributed by atoms with Crippen LogP contribution in [0, 0.1) is 13.8 Å². The Morgan fingerprint density at radius 1 is 1.11 bits per heavy atom. The smallest absolute Gasteiger partial charge is 0.348 e. The number of hydrogen-bond donors (Lipinski definition) is 1. The molecule has 0 aliphatic rings. The molecule has 0 atom stereocenters. The molecular weight excluding hydrogens is 502 g/mol. The third-order valence-electron chi connectivity index (χ3n) is 5.59. The molecule has 0 saturated carbocycles. The van der Waals surface area contributed by atoms with E-state index in [1.807, 2.05) is 13.0 Å². The zero-order valence-corrected chi connectivity index (χ0v) is 21.5. The van der Waals surface area contributed by atoms with Gasteiger partial charge in [-0.25, -0.2) is 14.6 Å². The minimum absolute atomic E-state index is 0.112. The number of anilines is 1. The lowest BCUT2D eigenvalue weighted by molar-refractivity contribution is 0.0527. The van der Waals surface area contributed by atoms with E-state index in [2.05, 4.69) is 10.3 Å². The van der Waals surface area contributed by atoms with Crippen LogP contribution in [0.25, 0.3) is 22.2 Å². The second-order valence-electron chi connectivity index (χ2n) is 7.79. The molecule has 4 rings (SSSR count). The molecule has 0 aliphatic heterocycles. The number of nitrogens with one attached hydrogen (secondary N) is 1. The van der Waals surface area contributed by atoms with Crippen LogP contribution in [-0.4, -0.2) is 41.5 Å². The van der Waals surface area contributed by atoms with Gasteiger partial charge in [0.15, 0.2) is 0 Å². The number of aromatic nitrogens is 2. The van der Waals surface area contributed by atoms with E-state index in [4.69, 9.17) is 26.1 Å². The maximum absolute atomic E-state index is 13.7. The number of esters is 2. The number of nitrogens with zero attached hydrogens (tertiary/aromatic N) is 2. The fourth-order valence-corrected chi connectivity index (χ4v) is 5.02. The van der Waals surface area contributed by atoms with Crippen LogP contribution in [0.15, 0.2) is 42.7 Å². The number of thiophene rings is 1. The van der Waals surface area contributed by atoms with Gasteiger partial charge in [0.25, 0.3) is 5.91 Å². The topological polar surface area (TPSA) is 107 Å². The molecular formula is C26H22ClN3O5S. The number of fused-ring (bicyclic) bond motifs is 1. The number of aryl methyl sites for hydroxylation is 1. The van der Waals surface area contributed by atoms with E-state index in [1.165, 1.54) is 7.11 Å². The second-order valence-corrected chi connectivity index (χ2v) is 9.22. The molecule has 3 aromatic heterocycles. The highest BCUT2D eigenvalue weighted by molar-refractivity contribution is 7.18. The number of carbonyl (C=O) groups excluding carboxylic acids is 3. The number of ether oxygens (including phenoxy) is 2. The zero-order valence-electron chi connectivity index (χ0n) is 20.0. The molecule has 1 aromatic carbocycles. The van der Waals surface area contributed by atoms with Gasteiger partial charge in [0.05, 0.1) is 36.1 Å². The van der Waals surface area contributed by atoms with Gasteiger partial charge in [-0.2, -0.15) is 0 Å². The molecule has 0 bridgehead atoms. The van der Waals surface area contributed by atoms with Crippen molar-refractivity contribution < 1.29 is 23.9 Å². The van der Waals surface area contributed by atoms with E-state index in [0.717, 1.165) is 22.5 Å². The Hall–Kier alpha value is -3.82. The number of amides is 1. The summed E-state index contributed by atoms with van der Waals surface area (Å²) in [5, 5.41) is 4.10. The normalized spacial score (nSPS) is 10.8. The van der Waals surface area contributed by atoms with E-state index in [-0.39, 0.29) is 22.0 Å². The van der Waals surface area contributed by atoms with Crippen LogP contribution < -0.4 is 5.32 Å². The maximum atomic E-state index is 13.7. The average molecular weight is 524 g/mol. The summed E-state index contributed by atoms with van der Waals surface area (Å²) in [7, 11) is 1.25. The number of hydrogen-bond acceptors (Lipinski definition) is 8. The molecule has 3 heterocycles. The SMILES string of the molecule is CCOC(=O)c1c(NC(=O)c2cc(-c3cccnc3)nc3c(C)c(Cl)ccc23)sc(C(=O)OC)c1C. The van der Waals surface area contributed by atoms with Crippen LogP contribution in [0.1, 0.15) is 48.4 Å². The Labute approximate surface area is 216 Å². The summed E-state index contributed by atoms with van der Waals surface area (Å²) >= 11 is 7.30. The standard InChI is InChI=1S/C26H22ClN3O5S/c1-5-35-25(32)20-14(3)22(26(33)34-4)36-24(20)30-23(31)17-11-19(15-7-6-10-28-12-15)29-21-13(2)18(27)9-8-16(17)21/h6-12H,5H2,1-4H3,(H,30,31). The van der Waals surface area contributed by atoms with E-state index in [1.54, 1.807) is 50.5 Å². The molecule has 0 fully saturated rings. The highest BCUT2D eigenvalue weighted by Gasteiger charge is 2.28. The Bertz CT molecular complexity index is 1500. The van der Waals surface area contributed by atoms with Gasteiger partial charge in [0.2, 0.25) is 0 Å². The van der Waals surface area contributed by atoms with Crippen molar-refractivity contribution in [2.75, 3.05) is 19.0 Å². The fraction of sp³-hybridized carbons (Fsp3) is 0.192. The number of rotatable bonds is 6. The molecule has 1 amide bonds. The first-order valence-corrected chi connectivity index (χ1v) is 12.2. The number of pyridine rings is 2. The fourth-order valence-electron chi connectivity index (χ4n) is 3.76. The monoisotopic (exact) mass is 523 g/mol. The summed E-state index contributed by atoms with van der Waals surface area (Å²) < 4.78 is 10.0. The van der Waals surface area contributed by atoms with Crippen LogP contribution in [0.3, 0.4) is 0 Å². The van der Waals surface area contributed by atoms with Crippen molar-refractivity contribution in [2.24, 2.45) is 0 Å². The summed E-state index contributed by atoms with van der Waals surface area (Å²) in [5.41, 5.74) is 3.35. The van der Waals surface area contributed by atoms with E-state index < -0.39 is 17.8 Å². The van der Waals surface area contributed by atoms with Gasteiger partial charge >= 0.3 is 11.9 Å². The molecule has 184 valence electrons. The van der Waals surface area contributed by atoms with Crippen LogP contribution >= 0.6 is 22.9 Å². The van der Waals surface area contributed by atoms with E-state index in [9.17, 15) is 14.4 Å². The van der Waals surface area contributed by atoms with Gasteiger partial charge in [0, 0.05) is 28.4 Å². The van der Waals surface area contributed by atoms with Crippen LogP contribution in [0.4, 0.5) is 5.00 Å². The Morgan fingerprint density at radius 3 is 2.56 bits per heavy atom. The number of carbonyl (C=O) groups is 3. The van der Waals surface area contributed by atoms with Crippen molar-refractivity contribution in [1.82, 2.24) is 9.97 Å². The summed E-state index contributed by atoms with van der Waals surface area (Å²) in [6.45, 7) is 5.25. The highest BCUT2D eigenvalue weighted by atomic mass is 35.5. The Balaban J connectivity index is 1.87. The van der Waals surface area contributed by atoms with E-state index in [0.29, 0.717) is 32.7 Å². The number of benzene rings is 1. The van der Waals surface area contributed by atoms with Crippen LogP contribution in [-0.2, 0) is 9.47 Å². The Morgan fingerprint density at radius 2 is 1.89 bits per heavy atom. The third-order valence-corrected chi connectivity index (χ3v) is 7.19. The summed E-state index contributed by atoms with van der Waals surface area (Å²) in [4.78, 5) is 47.7. The van der Waals surface area contributed by atoms with Crippen LogP contribution in [0.2, 0.25) is 5.02 Å². The molecule has 0 unspecified atom stereocenters. The second kappa shape index (κ2) is 10.4. The predicted molar refractivity (Wildman–Crippen MR) is 139 cm³/mol. The lowest BCUT2D eigenvalue weighted by atomic mass is 10.0. The predicted octanol–water partition coefficient (Wildman–Crippen LogP) is 5.84. The van der Waals surface area contributed by atoms with E-state index >= 15 is 0 Å². The summed E-state index contributed by atoms with van der Waals surface area (Å²) in [6, 6.07) is 8.71. The molecule has 0 radical (unpaired) electrons. The quantitative estimate of drug-likeness (QED) is 0.316. The van der Waals surface area contributed by atoms with Crippen molar-refractivity contribution in [2.45, 2.75) is 20.8 Å². The zero-order chi connectivity index (χ0) is 26.0. The molecule has 8 nitrogen and oxygen atoms in total. The van der Waals surface area contributed by atoms with Gasteiger partial charge < -0.3 is 14.8 Å². The highest BCUT2D eigenvalue weighted by Crippen LogP contribution is 2.36. The van der Waals surface area contributed by atoms with Crippen molar-refractivity contribution in [3.63, 3.8) is 0 Å². The molecule has 0 saturated heterocycles. The van der Waals surface area contributed by atoms with Crippen LogP contribution in [0.5, 0.6) is 0 Å². The van der Waals surface area contributed by atoms with Gasteiger partial charge in [-0.05, 0) is 56.2 Å². The van der Waals surface area contributed by atoms with Crippen molar-refractivity contribution in [3.05, 3.63) is 74.9 Å². The van der Waals surface area contributed by atoms with Crippen molar-refractivity contribution >= 4 is 56.7 Å². The lowest BCUT2D eigenvalue weighted by Gasteiger charge is -2.13. The summed E-state index contributed by atoms with van der Waals surface area (Å²) in [6.07, 6.45) is 3.30. The first kappa shape index (κ1) is 25.3. The molecule has 1 N–H and O–H groups in total. The van der Waals surface area contributed by atoms with Crippen molar-refractivity contribution in [3.8, 4) is 11.3 Å². The molecule has 0 aliphatic carbocycles. The molecule has 4 aromatic rings. The number of halogens is 1. The molecule has 36 heavy (non-hydrogen) atoms. The lowest BCUT2D eigenvalue weighted by Crippen LogP contribution is -2.16. The first-order valence-electron chi connectivity index (χ1n) is 11.0. The van der Waals surface area contributed by atoms with Gasteiger partial charge in [0.1, 0.15) is 9.88 Å².